The van der Waals surface area contributed by atoms with Crippen LogP contribution in [0, 0.1) is 0 Å². The number of nitrogens with two attached hydrogens (primary N) is 1. The van der Waals surface area contributed by atoms with Crippen molar-refractivity contribution in [1.82, 2.24) is 5.32 Å². The lowest BCUT2D eigenvalue weighted by Gasteiger charge is -2.17. The van der Waals surface area contributed by atoms with Gasteiger partial charge in [0.1, 0.15) is 5.75 Å². The van der Waals surface area contributed by atoms with E-state index in [0.717, 1.165) is 17.9 Å². The first-order chi connectivity index (χ1) is 8.29. The van der Waals surface area contributed by atoms with Crippen molar-refractivity contribution >= 4 is 0 Å². The molecule has 1 aliphatic rings. The van der Waals surface area contributed by atoms with Crippen LogP contribution in [0.5, 0.6) is 5.75 Å². The maximum Gasteiger partial charge on any atom is 0.119 e. The molecule has 3 heteroatoms. The third kappa shape index (κ3) is 3.45. The lowest BCUT2D eigenvalue weighted by Crippen LogP contribution is -2.33. The Bertz CT molecular complexity index is 348. The zero-order valence-corrected chi connectivity index (χ0v) is 10.5. The summed E-state index contributed by atoms with van der Waals surface area (Å²) < 4.78 is 5.21. The van der Waals surface area contributed by atoms with Gasteiger partial charge in [-0.25, -0.2) is 0 Å². The third-order valence-corrected chi connectivity index (χ3v) is 3.50. The normalized spacial score (nSPS) is 18.2. The van der Waals surface area contributed by atoms with Crippen LogP contribution in [0.3, 0.4) is 0 Å². The molecular weight excluding hydrogens is 212 g/mol. The maximum absolute atomic E-state index is 6.18. The molecule has 17 heavy (non-hydrogen) atoms. The first-order valence-electron chi connectivity index (χ1n) is 6.42. The third-order valence-electron chi connectivity index (χ3n) is 3.50. The zero-order valence-electron chi connectivity index (χ0n) is 10.5. The quantitative estimate of drug-likeness (QED) is 0.821. The van der Waals surface area contributed by atoms with Gasteiger partial charge in [-0.15, -0.1) is 0 Å². The summed E-state index contributed by atoms with van der Waals surface area (Å²) in [6, 6.07) is 8.73. The van der Waals surface area contributed by atoms with E-state index < -0.39 is 0 Å². The number of rotatable bonds is 5. The number of hydrogen-bond acceptors (Lipinski definition) is 3. The lowest BCUT2D eigenvalue weighted by molar-refractivity contribution is 0.413. The van der Waals surface area contributed by atoms with E-state index in [0.29, 0.717) is 6.04 Å². The first-order valence-corrected chi connectivity index (χ1v) is 6.42. The van der Waals surface area contributed by atoms with Gasteiger partial charge in [0.25, 0.3) is 0 Å². The molecule has 0 aromatic heterocycles. The van der Waals surface area contributed by atoms with Crippen molar-refractivity contribution in [3.8, 4) is 5.75 Å². The van der Waals surface area contributed by atoms with Crippen molar-refractivity contribution in [2.24, 2.45) is 5.73 Å². The Hall–Kier alpha value is -1.06. The Balaban J connectivity index is 1.87. The molecule has 0 radical (unpaired) electrons. The Morgan fingerprint density at radius 3 is 2.88 bits per heavy atom. The van der Waals surface area contributed by atoms with Crippen LogP contribution in [-0.2, 0) is 0 Å². The smallest absolute Gasteiger partial charge is 0.119 e. The van der Waals surface area contributed by atoms with Crippen LogP contribution < -0.4 is 15.8 Å². The van der Waals surface area contributed by atoms with Gasteiger partial charge in [0, 0.05) is 18.6 Å². The van der Waals surface area contributed by atoms with E-state index in [9.17, 15) is 0 Å². The molecular formula is C14H22N2O. The molecule has 2 rings (SSSR count). The van der Waals surface area contributed by atoms with Gasteiger partial charge in [-0.05, 0) is 30.5 Å². The summed E-state index contributed by atoms with van der Waals surface area (Å²) in [6.07, 6.45) is 5.30. The summed E-state index contributed by atoms with van der Waals surface area (Å²) in [5.41, 5.74) is 7.31. The Morgan fingerprint density at radius 2 is 2.18 bits per heavy atom. The molecule has 1 unspecified atom stereocenters. The fraction of sp³-hybridized carbons (Fsp3) is 0.571. The van der Waals surface area contributed by atoms with E-state index in [1.807, 2.05) is 18.2 Å². The number of ether oxygens (including phenoxy) is 1. The molecule has 1 aromatic carbocycles. The summed E-state index contributed by atoms with van der Waals surface area (Å²) in [7, 11) is 1.68. The fourth-order valence-electron chi connectivity index (χ4n) is 2.41. The van der Waals surface area contributed by atoms with E-state index in [1.165, 1.54) is 25.7 Å². The first kappa shape index (κ1) is 12.4. The highest BCUT2D eigenvalue weighted by Gasteiger charge is 2.15. The van der Waals surface area contributed by atoms with Crippen molar-refractivity contribution in [2.75, 3.05) is 13.7 Å². The maximum atomic E-state index is 6.18. The summed E-state index contributed by atoms with van der Waals surface area (Å²) in [5.74, 6) is 0.874. The molecule has 0 bridgehead atoms. The van der Waals surface area contributed by atoms with Gasteiger partial charge in [0.05, 0.1) is 7.11 Å². The molecule has 1 atom stereocenters. The number of hydrogen-bond donors (Lipinski definition) is 2. The highest BCUT2D eigenvalue weighted by atomic mass is 16.5. The van der Waals surface area contributed by atoms with Crippen molar-refractivity contribution in [3.05, 3.63) is 29.8 Å². The van der Waals surface area contributed by atoms with Crippen molar-refractivity contribution in [1.29, 1.82) is 0 Å². The molecule has 1 aliphatic carbocycles. The molecule has 3 nitrogen and oxygen atoms in total. The second-order valence-corrected chi connectivity index (χ2v) is 4.77. The molecule has 94 valence electrons. The molecule has 3 N–H and O–H groups in total. The fourth-order valence-corrected chi connectivity index (χ4v) is 2.41. The topological polar surface area (TPSA) is 47.3 Å². The Kier molecular flexibility index (Phi) is 4.40. The molecule has 0 aliphatic heterocycles. The lowest BCUT2D eigenvalue weighted by atomic mass is 10.1. The Labute approximate surface area is 103 Å². The minimum Gasteiger partial charge on any atom is -0.497 e. The molecule has 0 saturated heterocycles. The van der Waals surface area contributed by atoms with Crippen LogP contribution >= 0.6 is 0 Å². The summed E-state index contributed by atoms with van der Waals surface area (Å²) >= 11 is 0. The van der Waals surface area contributed by atoms with Crippen LogP contribution in [0.2, 0.25) is 0 Å². The van der Waals surface area contributed by atoms with Crippen molar-refractivity contribution in [2.45, 2.75) is 37.8 Å². The van der Waals surface area contributed by atoms with E-state index >= 15 is 0 Å². The van der Waals surface area contributed by atoms with Crippen LogP contribution in [-0.4, -0.2) is 19.7 Å². The van der Waals surface area contributed by atoms with Crippen LogP contribution in [0.4, 0.5) is 0 Å². The van der Waals surface area contributed by atoms with E-state index in [4.69, 9.17) is 10.5 Å². The van der Waals surface area contributed by atoms with Crippen molar-refractivity contribution in [3.63, 3.8) is 0 Å². The van der Waals surface area contributed by atoms with Gasteiger partial charge in [0.2, 0.25) is 0 Å². The molecule has 1 fully saturated rings. The molecule has 1 aromatic rings. The van der Waals surface area contributed by atoms with E-state index in [2.05, 4.69) is 11.4 Å². The number of methoxy groups -OCH3 is 1. The predicted molar refractivity (Wildman–Crippen MR) is 70.2 cm³/mol. The molecule has 0 spiro atoms. The largest absolute Gasteiger partial charge is 0.497 e. The second kappa shape index (κ2) is 6.03. The average Bonchev–Trinajstić information content (AvgIpc) is 2.89. The van der Waals surface area contributed by atoms with Gasteiger partial charge in [-0.2, -0.15) is 0 Å². The standard InChI is InChI=1S/C14H22N2O/c1-17-13-8-4-5-11(9-13)14(15)10-16-12-6-2-3-7-12/h4-5,8-9,12,14,16H,2-3,6-7,10,15H2,1H3. The summed E-state index contributed by atoms with van der Waals surface area (Å²) in [6.45, 7) is 0.845. The van der Waals surface area contributed by atoms with Crippen LogP contribution in [0.25, 0.3) is 0 Å². The second-order valence-electron chi connectivity index (χ2n) is 4.77. The minimum absolute atomic E-state index is 0.0469. The minimum atomic E-state index is 0.0469. The SMILES string of the molecule is COc1cccc(C(N)CNC2CCCC2)c1. The molecule has 0 amide bonds. The van der Waals surface area contributed by atoms with Gasteiger partial charge >= 0.3 is 0 Å². The zero-order chi connectivity index (χ0) is 12.1. The highest BCUT2D eigenvalue weighted by molar-refractivity contribution is 5.30. The van der Waals surface area contributed by atoms with Crippen LogP contribution in [0.15, 0.2) is 24.3 Å². The van der Waals surface area contributed by atoms with E-state index in [1.54, 1.807) is 7.11 Å². The van der Waals surface area contributed by atoms with Gasteiger partial charge in [-0.1, -0.05) is 25.0 Å². The monoisotopic (exact) mass is 234 g/mol. The summed E-state index contributed by atoms with van der Waals surface area (Å²) in [4.78, 5) is 0. The molecule has 1 saturated carbocycles. The van der Waals surface area contributed by atoms with Crippen molar-refractivity contribution < 1.29 is 4.74 Å². The Morgan fingerprint density at radius 1 is 1.41 bits per heavy atom. The van der Waals surface area contributed by atoms with Gasteiger partial charge in [-0.3, -0.25) is 0 Å². The molecule has 0 heterocycles. The highest BCUT2D eigenvalue weighted by Crippen LogP contribution is 2.20. The number of benzene rings is 1. The predicted octanol–water partition coefficient (Wildman–Crippen LogP) is 2.23. The average molecular weight is 234 g/mol. The summed E-state index contributed by atoms with van der Waals surface area (Å²) in [5, 5.41) is 3.55. The van der Waals surface area contributed by atoms with Gasteiger partial charge < -0.3 is 15.8 Å². The van der Waals surface area contributed by atoms with Crippen LogP contribution in [0.1, 0.15) is 37.3 Å². The van der Waals surface area contributed by atoms with Gasteiger partial charge in [0.15, 0.2) is 0 Å². The number of nitrogens with one attached hydrogen (secondary N) is 1. The van der Waals surface area contributed by atoms with E-state index in [-0.39, 0.29) is 6.04 Å².